The molecule has 0 amide bonds. The van der Waals surface area contributed by atoms with E-state index in [1.54, 1.807) is 6.33 Å². The molecule has 20 heavy (non-hydrogen) atoms. The highest BCUT2D eigenvalue weighted by Gasteiger charge is 2.04. The molecule has 2 aromatic rings. The predicted molar refractivity (Wildman–Crippen MR) is 82.6 cm³/mol. The van der Waals surface area contributed by atoms with E-state index >= 15 is 0 Å². The minimum atomic E-state index is 0.782. The lowest BCUT2D eigenvalue weighted by atomic mass is 10.1. The first-order valence-corrected chi connectivity index (χ1v) is 6.95. The minimum absolute atomic E-state index is 0.782. The lowest BCUT2D eigenvalue weighted by Crippen LogP contribution is -2.13. The molecule has 0 saturated heterocycles. The third-order valence-electron chi connectivity index (χ3n) is 3.15. The Morgan fingerprint density at radius 2 is 1.85 bits per heavy atom. The van der Waals surface area contributed by atoms with Crippen LogP contribution >= 0.6 is 0 Å². The van der Waals surface area contributed by atoms with Crippen LogP contribution in [0.4, 0.5) is 5.82 Å². The second kappa shape index (κ2) is 7.01. The summed E-state index contributed by atoms with van der Waals surface area (Å²) in [7, 11) is 4.17. The summed E-state index contributed by atoms with van der Waals surface area (Å²) in [6, 6.07) is 10.5. The molecule has 1 N–H and O–H groups in total. The van der Waals surface area contributed by atoms with Gasteiger partial charge in [0, 0.05) is 24.8 Å². The van der Waals surface area contributed by atoms with Gasteiger partial charge in [0.15, 0.2) is 0 Å². The second-order valence-corrected chi connectivity index (χ2v) is 5.11. The van der Waals surface area contributed by atoms with E-state index in [1.807, 2.05) is 6.07 Å². The first-order chi connectivity index (χ1) is 9.69. The molecule has 4 heteroatoms. The van der Waals surface area contributed by atoms with Crippen LogP contribution in [0, 0.1) is 0 Å². The molecule has 2 rings (SSSR count). The van der Waals surface area contributed by atoms with Gasteiger partial charge in [-0.05, 0) is 31.6 Å². The number of rotatable bonds is 6. The van der Waals surface area contributed by atoms with Crippen LogP contribution in [0.3, 0.4) is 0 Å². The summed E-state index contributed by atoms with van der Waals surface area (Å²) in [6.45, 7) is 3.82. The van der Waals surface area contributed by atoms with Crippen LogP contribution in [0.25, 0.3) is 0 Å². The van der Waals surface area contributed by atoms with E-state index < -0.39 is 0 Å². The summed E-state index contributed by atoms with van der Waals surface area (Å²) < 4.78 is 0. The number of benzene rings is 1. The summed E-state index contributed by atoms with van der Waals surface area (Å²) >= 11 is 0. The van der Waals surface area contributed by atoms with Crippen LogP contribution in [0.2, 0.25) is 0 Å². The molecule has 0 unspecified atom stereocenters. The molecule has 0 aliphatic carbocycles. The molecule has 0 fully saturated rings. The van der Waals surface area contributed by atoms with Gasteiger partial charge in [-0.2, -0.15) is 0 Å². The van der Waals surface area contributed by atoms with Gasteiger partial charge in [-0.1, -0.05) is 31.2 Å². The van der Waals surface area contributed by atoms with E-state index in [0.717, 1.165) is 31.0 Å². The Kier molecular flexibility index (Phi) is 5.07. The number of aromatic nitrogens is 2. The van der Waals surface area contributed by atoms with E-state index in [-0.39, 0.29) is 0 Å². The fraction of sp³-hybridized carbons (Fsp3) is 0.375. The van der Waals surface area contributed by atoms with E-state index in [4.69, 9.17) is 0 Å². The summed E-state index contributed by atoms with van der Waals surface area (Å²) in [5, 5.41) is 3.38. The number of hydrogen-bond donors (Lipinski definition) is 1. The minimum Gasteiger partial charge on any atom is -0.366 e. The van der Waals surface area contributed by atoms with Crippen LogP contribution in [-0.2, 0) is 19.5 Å². The van der Waals surface area contributed by atoms with Crippen LogP contribution in [0.15, 0.2) is 36.7 Å². The highest BCUT2D eigenvalue weighted by Crippen LogP contribution is 2.13. The topological polar surface area (TPSA) is 41.0 Å². The van der Waals surface area contributed by atoms with Crippen molar-refractivity contribution in [1.29, 1.82) is 0 Å². The molecule has 0 bridgehead atoms. The molecule has 4 nitrogen and oxygen atoms in total. The predicted octanol–water partition coefficient (Wildman–Crippen LogP) is 2.71. The van der Waals surface area contributed by atoms with Crippen LogP contribution < -0.4 is 5.32 Å². The molecule has 0 radical (unpaired) electrons. The van der Waals surface area contributed by atoms with E-state index in [1.165, 1.54) is 11.1 Å². The van der Waals surface area contributed by atoms with Gasteiger partial charge in [0.1, 0.15) is 12.1 Å². The maximum absolute atomic E-state index is 4.26. The SMILES string of the molecule is CCc1cc(NCc2ccccc2CN(C)C)ncn1. The van der Waals surface area contributed by atoms with Gasteiger partial charge in [0.2, 0.25) is 0 Å². The van der Waals surface area contributed by atoms with Gasteiger partial charge in [-0.3, -0.25) is 0 Å². The molecule has 1 aromatic heterocycles. The molecule has 106 valence electrons. The van der Waals surface area contributed by atoms with Crippen molar-refractivity contribution in [3.63, 3.8) is 0 Å². The number of anilines is 1. The Balaban J connectivity index is 2.06. The normalized spacial score (nSPS) is 10.8. The van der Waals surface area contributed by atoms with Crippen molar-refractivity contribution in [2.45, 2.75) is 26.4 Å². The van der Waals surface area contributed by atoms with Crippen molar-refractivity contribution in [2.24, 2.45) is 0 Å². The molecule has 1 heterocycles. The molecule has 0 saturated carbocycles. The summed E-state index contributed by atoms with van der Waals surface area (Å²) in [5.74, 6) is 0.886. The van der Waals surface area contributed by atoms with Crippen molar-refractivity contribution < 1.29 is 0 Å². The van der Waals surface area contributed by atoms with Gasteiger partial charge in [0.05, 0.1) is 0 Å². The fourth-order valence-corrected chi connectivity index (χ4v) is 2.10. The van der Waals surface area contributed by atoms with E-state index in [2.05, 4.69) is 65.5 Å². The number of nitrogens with one attached hydrogen (secondary N) is 1. The van der Waals surface area contributed by atoms with Crippen molar-refractivity contribution in [3.05, 3.63) is 53.5 Å². The number of hydrogen-bond acceptors (Lipinski definition) is 4. The molecule has 0 spiro atoms. The summed E-state index contributed by atoms with van der Waals surface area (Å²) in [6.07, 6.45) is 2.54. The lowest BCUT2D eigenvalue weighted by Gasteiger charge is -2.15. The van der Waals surface area contributed by atoms with Crippen molar-refractivity contribution in [3.8, 4) is 0 Å². The average Bonchev–Trinajstić information content (AvgIpc) is 2.46. The number of aryl methyl sites for hydroxylation is 1. The monoisotopic (exact) mass is 270 g/mol. The Morgan fingerprint density at radius 3 is 2.55 bits per heavy atom. The lowest BCUT2D eigenvalue weighted by molar-refractivity contribution is 0.401. The molecule has 0 atom stereocenters. The average molecular weight is 270 g/mol. The molecule has 0 aliphatic heterocycles. The second-order valence-electron chi connectivity index (χ2n) is 5.11. The highest BCUT2D eigenvalue weighted by atomic mass is 15.1. The van der Waals surface area contributed by atoms with Crippen LogP contribution in [0.1, 0.15) is 23.7 Å². The van der Waals surface area contributed by atoms with Crippen molar-refractivity contribution >= 4 is 5.82 Å². The fourth-order valence-electron chi connectivity index (χ4n) is 2.10. The molecule has 1 aromatic carbocycles. The third kappa shape index (κ3) is 4.03. The van der Waals surface area contributed by atoms with Crippen molar-refractivity contribution in [2.75, 3.05) is 19.4 Å². The quantitative estimate of drug-likeness (QED) is 0.876. The largest absolute Gasteiger partial charge is 0.366 e. The maximum atomic E-state index is 4.26. The van der Waals surface area contributed by atoms with Crippen molar-refractivity contribution in [1.82, 2.24) is 14.9 Å². The van der Waals surface area contributed by atoms with Gasteiger partial charge in [0.25, 0.3) is 0 Å². The molecular weight excluding hydrogens is 248 g/mol. The van der Waals surface area contributed by atoms with Gasteiger partial charge < -0.3 is 10.2 Å². The van der Waals surface area contributed by atoms with E-state index in [0.29, 0.717) is 0 Å². The molecule has 0 aliphatic rings. The van der Waals surface area contributed by atoms with E-state index in [9.17, 15) is 0 Å². The zero-order chi connectivity index (χ0) is 14.4. The van der Waals surface area contributed by atoms with Crippen LogP contribution in [-0.4, -0.2) is 29.0 Å². The third-order valence-corrected chi connectivity index (χ3v) is 3.15. The first-order valence-electron chi connectivity index (χ1n) is 6.95. The molecular formula is C16H22N4. The van der Waals surface area contributed by atoms with Gasteiger partial charge >= 0.3 is 0 Å². The summed E-state index contributed by atoms with van der Waals surface area (Å²) in [5.41, 5.74) is 3.71. The number of nitrogens with zero attached hydrogens (tertiary/aromatic N) is 3. The summed E-state index contributed by atoms with van der Waals surface area (Å²) in [4.78, 5) is 10.7. The Labute approximate surface area is 120 Å². The maximum Gasteiger partial charge on any atom is 0.129 e. The Morgan fingerprint density at radius 1 is 1.10 bits per heavy atom. The first kappa shape index (κ1) is 14.5. The smallest absolute Gasteiger partial charge is 0.129 e. The Bertz CT molecular complexity index is 552. The van der Waals surface area contributed by atoms with Gasteiger partial charge in [-0.25, -0.2) is 9.97 Å². The van der Waals surface area contributed by atoms with Gasteiger partial charge in [-0.15, -0.1) is 0 Å². The zero-order valence-corrected chi connectivity index (χ0v) is 12.4. The standard InChI is InChI=1S/C16H22N4/c1-4-15-9-16(19-12-18-15)17-10-13-7-5-6-8-14(13)11-20(2)3/h5-9,12H,4,10-11H2,1-3H3,(H,17,18,19). The Hall–Kier alpha value is -1.94. The van der Waals surface area contributed by atoms with Crippen LogP contribution in [0.5, 0.6) is 0 Å². The zero-order valence-electron chi connectivity index (χ0n) is 12.4. The highest BCUT2D eigenvalue weighted by molar-refractivity contribution is 5.38.